The van der Waals surface area contributed by atoms with E-state index in [0.717, 1.165) is 22.4 Å². The molecule has 1 N–H and O–H groups in total. The summed E-state index contributed by atoms with van der Waals surface area (Å²) < 4.78 is 0.816. The van der Waals surface area contributed by atoms with Crippen LogP contribution < -0.4 is 5.32 Å². The zero-order valence-corrected chi connectivity index (χ0v) is 14.6. The van der Waals surface area contributed by atoms with Crippen LogP contribution in [-0.4, -0.2) is 46.9 Å². The smallest absolute Gasteiger partial charge is 0.235 e. The van der Waals surface area contributed by atoms with Gasteiger partial charge in [0, 0.05) is 25.5 Å². The number of nitrogens with one attached hydrogen (secondary N) is 1. The van der Waals surface area contributed by atoms with Crippen LogP contribution in [0, 0.1) is 0 Å². The molecule has 0 aliphatic carbocycles. The van der Waals surface area contributed by atoms with E-state index < -0.39 is 0 Å². The van der Waals surface area contributed by atoms with Gasteiger partial charge < -0.3 is 10.2 Å². The molecule has 0 aliphatic heterocycles. The molecule has 0 aliphatic rings. The highest BCUT2D eigenvalue weighted by molar-refractivity contribution is 8.02. The maximum absolute atomic E-state index is 11.8. The molecule has 0 bridgehead atoms. The van der Waals surface area contributed by atoms with Gasteiger partial charge in [0.2, 0.25) is 11.0 Å². The molecule has 0 spiro atoms. The predicted molar refractivity (Wildman–Crippen MR) is 90.4 cm³/mol. The van der Waals surface area contributed by atoms with Gasteiger partial charge in [-0.25, -0.2) is 0 Å². The molecule has 2 aromatic rings. The van der Waals surface area contributed by atoms with Crippen molar-refractivity contribution in [2.24, 2.45) is 0 Å². The van der Waals surface area contributed by atoms with Crippen molar-refractivity contribution in [2.75, 3.05) is 26.0 Å². The summed E-state index contributed by atoms with van der Waals surface area (Å²) in [6.45, 7) is 2.73. The van der Waals surface area contributed by atoms with E-state index in [9.17, 15) is 4.79 Å². The molecule has 1 unspecified atom stereocenters. The minimum Gasteiger partial charge on any atom is -0.360 e. The molecular weight excluding hydrogens is 324 g/mol. The van der Waals surface area contributed by atoms with Gasteiger partial charge in [-0.15, -0.1) is 21.5 Å². The molecule has 5 nitrogen and oxygen atoms in total. The number of thiophene rings is 1. The molecule has 1 atom stereocenters. The van der Waals surface area contributed by atoms with Crippen LogP contribution in [0.25, 0.3) is 0 Å². The number of carbonyl (C=O) groups excluding carboxylic acids is 1. The average Bonchev–Trinajstić information content (AvgIpc) is 3.10. The van der Waals surface area contributed by atoms with E-state index in [2.05, 4.69) is 33.0 Å². The van der Waals surface area contributed by atoms with Crippen molar-refractivity contribution in [3.05, 3.63) is 22.4 Å². The number of amides is 1. The van der Waals surface area contributed by atoms with E-state index >= 15 is 0 Å². The first-order valence-corrected chi connectivity index (χ1v) is 9.11. The first-order chi connectivity index (χ1) is 10.1. The Kier molecular flexibility index (Phi) is 6.01. The maximum Gasteiger partial charge on any atom is 0.235 e. The molecule has 114 valence electrons. The number of hydrogen-bond acceptors (Lipinski definition) is 7. The van der Waals surface area contributed by atoms with Crippen LogP contribution in [0.5, 0.6) is 0 Å². The molecule has 0 aromatic carbocycles. The van der Waals surface area contributed by atoms with Gasteiger partial charge in [-0.1, -0.05) is 29.2 Å². The predicted octanol–water partition coefficient (Wildman–Crippen LogP) is 2.82. The largest absolute Gasteiger partial charge is 0.360 e. The van der Waals surface area contributed by atoms with Crippen LogP contribution in [-0.2, 0) is 11.2 Å². The van der Waals surface area contributed by atoms with Crippen molar-refractivity contribution in [3.8, 4) is 0 Å². The number of thioether (sulfide) groups is 1. The molecule has 1 amide bonds. The molecule has 2 rings (SSSR count). The maximum atomic E-state index is 11.8. The lowest BCUT2D eigenvalue weighted by Gasteiger charge is -2.14. The van der Waals surface area contributed by atoms with Gasteiger partial charge >= 0.3 is 0 Å². The second-order valence-corrected chi connectivity index (χ2v) is 8.22. The molecule has 0 saturated heterocycles. The number of hydrogen-bond donors (Lipinski definition) is 1. The Morgan fingerprint density at radius 3 is 2.95 bits per heavy atom. The lowest BCUT2D eigenvalue weighted by atomic mass is 10.3. The fraction of sp³-hybridized carbons (Fsp3) is 0.462. The lowest BCUT2D eigenvalue weighted by molar-refractivity contribution is -0.127. The highest BCUT2D eigenvalue weighted by Gasteiger charge is 2.18. The number of aromatic nitrogens is 2. The van der Waals surface area contributed by atoms with Gasteiger partial charge in [-0.05, 0) is 24.8 Å². The summed E-state index contributed by atoms with van der Waals surface area (Å²) in [7, 11) is 3.52. The Labute approximate surface area is 136 Å². The monoisotopic (exact) mass is 342 g/mol. The van der Waals surface area contributed by atoms with Crippen molar-refractivity contribution < 1.29 is 4.79 Å². The standard InChI is InChI=1S/C13H18N4OS3/c1-9(11(18)17(2)3)20-13-16-15-12(21-13)14-7-6-10-5-4-8-19-10/h4-5,8-9H,6-7H2,1-3H3,(H,14,15). The molecular formula is C13H18N4OS3. The van der Waals surface area contributed by atoms with E-state index in [1.54, 1.807) is 30.3 Å². The van der Waals surface area contributed by atoms with Crippen LogP contribution in [0.3, 0.4) is 0 Å². The van der Waals surface area contributed by atoms with Gasteiger partial charge in [-0.3, -0.25) is 4.79 Å². The van der Waals surface area contributed by atoms with Gasteiger partial charge in [0.1, 0.15) is 0 Å². The number of carbonyl (C=O) groups is 1. The molecule has 2 aromatic heterocycles. The normalized spacial score (nSPS) is 12.1. The lowest BCUT2D eigenvalue weighted by Crippen LogP contribution is -2.29. The van der Waals surface area contributed by atoms with Crippen molar-refractivity contribution in [3.63, 3.8) is 0 Å². The van der Waals surface area contributed by atoms with Crippen LogP contribution >= 0.6 is 34.4 Å². The highest BCUT2D eigenvalue weighted by atomic mass is 32.2. The van der Waals surface area contributed by atoms with Gasteiger partial charge in [0.25, 0.3) is 0 Å². The zero-order valence-electron chi connectivity index (χ0n) is 12.2. The van der Waals surface area contributed by atoms with Gasteiger partial charge in [-0.2, -0.15) is 0 Å². The summed E-state index contributed by atoms with van der Waals surface area (Å²) in [4.78, 5) is 14.8. The van der Waals surface area contributed by atoms with Crippen LogP contribution in [0.4, 0.5) is 5.13 Å². The van der Waals surface area contributed by atoms with Gasteiger partial charge in [0.15, 0.2) is 4.34 Å². The number of nitrogens with zero attached hydrogens (tertiary/aromatic N) is 3. The Hall–Kier alpha value is -1.12. The Bertz CT molecular complexity index is 568. The number of anilines is 1. The third-order valence-electron chi connectivity index (χ3n) is 2.70. The fourth-order valence-electron chi connectivity index (χ4n) is 1.64. The summed E-state index contributed by atoms with van der Waals surface area (Å²) in [5.74, 6) is 0.0856. The first kappa shape index (κ1) is 16.3. The summed E-state index contributed by atoms with van der Waals surface area (Å²) in [5, 5.41) is 14.2. The van der Waals surface area contributed by atoms with E-state index in [1.807, 2.05) is 6.92 Å². The summed E-state index contributed by atoms with van der Waals surface area (Å²) in [6, 6.07) is 4.19. The Balaban J connectivity index is 1.79. The summed E-state index contributed by atoms with van der Waals surface area (Å²) in [5.41, 5.74) is 0. The molecule has 21 heavy (non-hydrogen) atoms. The third kappa shape index (κ3) is 4.98. The highest BCUT2D eigenvalue weighted by Crippen LogP contribution is 2.29. The summed E-state index contributed by atoms with van der Waals surface area (Å²) in [6.07, 6.45) is 0.981. The SMILES string of the molecule is CC(Sc1nnc(NCCc2cccs2)s1)C(=O)N(C)C. The Morgan fingerprint density at radius 1 is 1.48 bits per heavy atom. The van der Waals surface area contributed by atoms with Gasteiger partial charge in [0.05, 0.1) is 5.25 Å². The van der Waals surface area contributed by atoms with E-state index in [0.29, 0.717) is 0 Å². The minimum absolute atomic E-state index is 0.0856. The third-order valence-corrected chi connectivity index (χ3v) is 5.69. The second-order valence-electron chi connectivity index (χ2n) is 4.62. The van der Waals surface area contributed by atoms with E-state index in [1.165, 1.54) is 28.0 Å². The van der Waals surface area contributed by atoms with Crippen molar-refractivity contribution in [1.82, 2.24) is 15.1 Å². The first-order valence-electron chi connectivity index (χ1n) is 6.54. The van der Waals surface area contributed by atoms with Crippen LogP contribution in [0.15, 0.2) is 21.9 Å². The van der Waals surface area contributed by atoms with E-state index in [4.69, 9.17) is 0 Å². The van der Waals surface area contributed by atoms with Crippen molar-refractivity contribution >= 4 is 45.5 Å². The molecule has 2 heterocycles. The summed E-state index contributed by atoms with van der Waals surface area (Å²) >= 11 is 4.70. The quantitative estimate of drug-likeness (QED) is 0.784. The zero-order chi connectivity index (χ0) is 15.2. The van der Waals surface area contributed by atoms with Crippen molar-refractivity contribution in [2.45, 2.75) is 22.9 Å². The topological polar surface area (TPSA) is 58.1 Å². The van der Waals surface area contributed by atoms with Crippen LogP contribution in [0.2, 0.25) is 0 Å². The fourth-order valence-corrected chi connectivity index (χ4v) is 4.42. The van der Waals surface area contributed by atoms with Crippen LogP contribution in [0.1, 0.15) is 11.8 Å². The average molecular weight is 343 g/mol. The van der Waals surface area contributed by atoms with Crippen molar-refractivity contribution in [1.29, 1.82) is 0 Å². The van der Waals surface area contributed by atoms with E-state index in [-0.39, 0.29) is 11.2 Å². The minimum atomic E-state index is -0.146. The number of rotatable bonds is 7. The second kappa shape index (κ2) is 7.77. The molecule has 0 fully saturated rings. The molecule has 0 saturated carbocycles. The Morgan fingerprint density at radius 2 is 2.29 bits per heavy atom. The molecule has 0 radical (unpaired) electrons. The molecule has 8 heteroatoms.